The molecule has 0 atom stereocenters. The molecule has 0 spiro atoms. The summed E-state index contributed by atoms with van der Waals surface area (Å²) in [6.07, 6.45) is 0. The van der Waals surface area contributed by atoms with Crippen molar-refractivity contribution in [3.8, 4) is 33.4 Å². The molecule has 0 amide bonds. The van der Waals surface area contributed by atoms with Crippen molar-refractivity contribution >= 4 is 71.7 Å². The molecule has 12 aromatic rings. The van der Waals surface area contributed by atoms with E-state index >= 15 is 0 Å². The Morgan fingerprint density at radius 2 is 0.667 bits per heavy atom. The maximum absolute atomic E-state index is 5.31. The Hall–Kier alpha value is -6.98. The summed E-state index contributed by atoms with van der Waals surface area (Å²) in [6.45, 7) is 0. The second-order valence-corrected chi connectivity index (χ2v) is 13.6. The number of fused-ring (bicyclic) bond motifs is 12. The molecular weight excluding hydrogens is 623 g/mol. The molecule has 0 radical (unpaired) electrons. The maximum Gasteiger partial charge on any atom is 0.223 e. The first-order valence-corrected chi connectivity index (χ1v) is 17.3. The largest absolute Gasteiger partial charge is 0.276 e. The van der Waals surface area contributed by atoms with Crippen molar-refractivity contribution in [2.24, 2.45) is 0 Å². The number of rotatable bonds is 3. The average Bonchev–Trinajstić information content (AvgIpc) is 3.91. The van der Waals surface area contributed by atoms with E-state index in [1.807, 2.05) is 0 Å². The molecule has 5 nitrogen and oxygen atoms in total. The Labute approximate surface area is 291 Å². The van der Waals surface area contributed by atoms with Gasteiger partial charge in [-0.2, -0.15) is 0 Å². The smallest absolute Gasteiger partial charge is 0.223 e. The molecule has 12 rings (SSSR count). The highest BCUT2D eigenvalue weighted by molar-refractivity contribution is 6.08. The number of nitrogens with zero attached hydrogens (tertiary/aromatic N) is 5. The minimum atomic E-state index is 0.871. The fourth-order valence-electron chi connectivity index (χ4n) is 8.29. The topological polar surface area (TPSA) is 39.0 Å². The molecule has 4 aromatic heterocycles. The zero-order valence-corrected chi connectivity index (χ0v) is 27.3. The van der Waals surface area contributed by atoms with E-state index in [9.17, 15) is 0 Å². The SMILES string of the molecule is c1ccc(-c2cc(-c3ccccc3)cc(-c3cc4c5c(c3)n3c6cc7ccccc7cc6nc3n5c3nc5cc6ccccc6cc5n43)c2)cc1. The second-order valence-electron chi connectivity index (χ2n) is 13.6. The first-order valence-electron chi connectivity index (χ1n) is 17.3. The van der Waals surface area contributed by atoms with Gasteiger partial charge in [-0.3, -0.25) is 8.80 Å². The lowest BCUT2D eigenvalue weighted by atomic mass is 9.93. The van der Waals surface area contributed by atoms with Gasteiger partial charge in [-0.1, -0.05) is 109 Å². The Balaban J connectivity index is 1.24. The van der Waals surface area contributed by atoms with Gasteiger partial charge in [0.05, 0.1) is 33.1 Å². The summed E-state index contributed by atoms with van der Waals surface area (Å²) in [4.78, 5) is 10.6. The minimum Gasteiger partial charge on any atom is -0.276 e. The molecule has 0 aliphatic carbocycles. The minimum absolute atomic E-state index is 0.871. The van der Waals surface area contributed by atoms with E-state index in [4.69, 9.17) is 9.97 Å². The van der Waals surface area contributed by atoms with Gasteiger partial charge in [0.1, 0.15) is 5.52 Å². The third kappa shape index (κ3) is 3.75. The number of imidazole rings is 4. The summed E-state index contributed by atoms with van der Waals surface area (Å²) in [7, 11) is 0. The second kappa shape index (κ2) is 9.80. The van der Waals surface area contributed by atoms with Crippen LogP contribution in [-0.4, -0.2) is 23.2 Å². The van der Waals surface area contributed by atoms with Gasteiger partial charge in [0.15, 0.2) is 0 Å². The molecule has 0 unspecified atom stereocenters. The van der Waals surface area contributed by atoms with Gasteiger partial charge in [0.25, 0.3) is 0 Å². The van der Waals surface area contributed by atoms with Crippen LogP contribution in [0.3, 0.4) is 0 Å². The molecule has 0 N–H and O–H groups in total. The highest BCUT2D eigenvalue weighted by atomic mass is 15.3. The van der Waals surface area contributed by atoms with E-state index in [1.165, 1.54) is 43.8 Å². The summed E-state index contributed by atoms with van der Waals surface area (Å²) >= 11 is 0. The Bertz CT molecular complexity index is 3130. The van der Waals surface area contributed by atoms with Crippen molar-refractivity contribution in [1.82, 2.24) is 23.2 Å². The normalized spacial score (nSPS) is 12.3. The molecular formula is C46H27N5. The Morgan fingerprint density at radius 3 is 1.12 bits per heavy atom. The fraction of sp³-hybridized carbons (Fsp3) is 0. The highest BCUT2D eigenvalue weighted by Crippen LogP contribution is 2.40. The van der Waals surface area contributed by atoms with E-state index < -0.39 is 0 Å². The van der Waals surface area contributed by atoms with Crippen LogP contribution in [0.4, 0.5) is 0 Å². The van der Waals surface area contributed by atoms with Crippen LogP contribution in [0.25, 0.3) is 105 Å². The van der Waals surface area contributed by atoms with Crippen LogP contribution in [0.1, 0.15) is 0 Å². The van der Waals surface area contributed by atoms with Crippen molar-refractivity contribution in [3.05, 3.63) is 164 Å². The Morgan fingerprint density at radius 1 is 0.294 bits per heavy atom. The van der Waals surface area contributed by atoms with Crippen molar-refractivity contribution in [2.45, 2.75) is 0 Å². The quantitative estimate of drug-likeness (QED) is 0.191. The molecule has 0 bridgehead atoms. The van der Waals surface area contributed by atoms with Gasteiger partial charge >= 0.3 is 0 Å². The van der Waals surface area contributed by atoms with Crippen LogP contribution in [0.5, 0.6) is 0 Å². The summed E-state index contributed by atoms with van der Waals surface area (Å²) in [6, 6.07) is 59.1. The number of hydrogen-bond acceptors (Lipinski definition) is 2. The molecule has 5 heteroatoms. The molecule has 0 aliphatic heterocycles. The molecule has 0 saturated heterocycles. The van der Waals surface area contributed by atoms with Crippen LogP contribution < -0.4 is 0 Å². The summed E-state index contributed by atoms with van der Waals surface area (Å²) in [5, 5.41) is 4.76. The molecule has 4 heterocycles. The van der Waals surface area contributed by atoms with Crippen LogP contribution in [0.2, 0.25) is 0 Å². The molecule has 0 fully saturated rings. The maximum atomic E-state index is 5.31. The zero-order chi connectivity index (χ0) is 33.2. The molecule has 236 valence electrons. The third-order valence-corrected chi connectivity index (χ3v) is 10.7. The zero-order valence-electron chi connectivity index (χ0n) is 27.3. The molecule has 51 heavy (non-hydrogen) atoms. The van der Waals surface area contributed by atoms with Crippen molar-refractivity contribution < 1.29 is 0 Å². The number of hydrogen-bond donors (Lipinski definition) is 0. The summed E-state index contributed by atoms with van der Waals surface area (Å²) in [5.74, 6) is 1.74. The van der Waals surface area contributed by atoms with E-state index in [1.54, 1.807) is 0 Å². The lowest BCUT2D eigenvalue weighted by molar-refractivity contribution is 1.15. The van der Waals surface area contributed by atoms with Gasteiger partial charge in [0, 0.05) is 0 Å². The molecule has 8 aromatic carbocycles. The standard InChI is InChI=1S/C46H27N5/c1-3-11-28(12-4-1)34-19-35(29-13-5-2-6-14-29)21-36(20-34)37-26-42-44-43(27-37)50-41-25-33-18-10-8-16-31(33)23-39(41)48-46(50)51(44)45-47-38-22-30-15-7-9-17-32(30)24-40(38)49(42)45/h1-27H. The van der Waals surface area contributed by atoms with E-state index in [2.05, 4.69) is 177 Å². The van der Waals surface area contributed by atoms with E-state index in [0.29, 0.717) is 0 Å². The van der Waals surface area contributed by atoms with Gasteiger partial charge in [-0.15, -0.1) is 0 Å². The van der Waals surface area contributed by atoms with Crippen molar-refractivity contribution in [1.29, 1.82) is 0 Å². The Kier molecular flexibility index (Phi) is 5.17. The van der Waals surface area contributed by atoms with Crippen molar-refractivity contribution in [2.75, 3.05) is 0 Å². The van der Waals surface area contributed by atoms with Crippen LogP contribution >= 0.6 is 0 Å². The van der Waals surface area contributed by atoms with Crippen LogP contribution in [0.15, 0.2) is 164 Å². The van der Waals surface area contributed by atoms with Crippen LogP contribution in [0, 0.1) is 0 Å². The molecule has 0 aliphatic rings. The lowest BCUT2D eigenvalue weighted by Gasteiger charge is -2.12. The molecule has 0 saturated carbocycles. The monoisotopic (exact) mass is 649 g/mol. The van der Waals surface area contributed by atoms with E-state index in [-0.39, 0.29) is 0 Å². The van der Waals surface area contributed by atoms with Gasteiger partial charge in [-0.05, 0) is 110 Å². The van der Waals surface area contributed by atoms with Gasteiger partial charge < -0.3 is 0 Å². The first-order chi connectivity index (χ1) is 25.2. The van der Waals surface area contributed by atoms with Gasteiger partial charge in [0.2, 0.25) is 11.6 Å². The fourth-order valence-corrected chi connectivity index (χ4v) is 8.29. The number of benzene rings is 8. The summed E-state index contributed by atoms with van der Waals surface area (Å²) in [5.41, 5.74) is 14.5. The van der Waals surface area contributed by atoms with Crippen LogP contribution in [-0.2, 0) is 0 Å². The predicted octanol–water partition coefficient (Wildman–Crippen LogP) is 11.4. The first kappa shape index (κ1) is 26.9. The highest BCUT2D eigenvalue weighted by Gasteiger charge is 2.25. The third-order valence-electron chi connectivity index (χ3n) is 10.7. The lowest BCUT2D eigenvalue weighted by Crippen LogP contribution is -1.90. The number of aromatic nitrogens is 5. The predicted molar refractivity (Wildman–Crippen MR) is 210 cm³/mol. The average molecular weight is 650 g/mol. The van der Waals surface area contributed by atoms with Crippen molar-refractivity contribution in [3.63, 3.8) is 0 Å². The summed E-state index contributed by atoms with van der Waals surface area (Å²) < 4.78 is 6.94. The van der Waals surface area contributed by atoms with E-state index in [0.717, 1.165) is 61.3 Å². The van der Waals surface area contributed by atoms with Gasteiger partial charge in [-0.25, -0.2) is 14.4 Å².